The van der Waals surface area contributed by atoms with Crippen LogP contribution in [0.4, 0.5) is 10.5 Å². The van der Waals surface area contributed by atoms with Gasteiger partial charge >= 0.3 is 12.0 Å². The Kier molecular flexibility index (Phi) is 5.94. The Morgan fingerprint density at radius 2 is 1.89 bits per heavy atom. The lowest BCUT2D eigenvalue weighted by molar-refractivity contribution is -0.150. The number of nitrogens with one attached hydrogen (secondary N) is 2. The summed E-state index contributed by atoms with van der Waals surface area (Å²) in [6, 6.07) is 5.74. The monoisotopic (exact) mass is 375 g/mol. The fraction of sp³-hybridized carbons (Fsp3) is 0.389. The zero-order valence-electron chi connectivity index (χ0n) is 15.3. The minimum absolute atomic E-state index is 0.222. The van der Waals surface area contributed by atoms with Gasteiger partial charge in [-0.2, -0.15) is 0 Å². The second kappa shape index (κ2) is 7.98. The van der Waals surface area contributed by atoms with Crippen molar-refractivity contribution in [3.8, 4) is 0 Å². The van der Waals surface area contributed by atoms with E-state index in [1.807, 2.05) is 0 Å². The number of benzene rings is 1. The summed E-state index contributed by atoms with van der Waals surface area (Å²) in [7, 11) is 0. The number of para-hydroxylation sites is 1. The number of hydrogen-bond acceptors (Lipinski definition) is 6. The van der Waals surface area contributed by atoms with Crippen LogP contribution in [0.25, 0.3) is 0 Å². The fourth-order valence-electron chi connectivity index (χ4n) is 2.54. The number of nitrogens with zero attached hydrogens (tertiary/aromatic N) is 1. The van der Waals surface area contributed by atoms with E-state index in [0.29, 0.717) is 17.7 Å². The van der Waals surface area contributed by atoms with Crippen LogP contribution in [0.15, 0.2) is 24.3 Å². The topological polar surface area (TPSA) is 122 Å². The molecule has 1 atom stereocenters. The van der Waals surface area contributed by atoms with Crippen molar-refractivity contribution < 1.29 is 28.7 Å². The highest BCUT2D eigenvalue weighted by atomic mass is 16.5. The predicted octanol–water partition coefficient (Wildman–Crippen LogP) is 1.09. The van der Waals surface area contributed by atoms with Crippen molar-refractivity contribution in [1.82, 2.24) is 10.2 Å². The summed E-state index contributed by atoms with van der Waals surface area (Å²) < 4.78 is 4.83. The van der Waals surface area contributed by atoms with E-state index >= 15 is 0 Å². The molecule has 0 radical (unpaired) electrons. The van der Waals surface area contributed by atoms with Crippen molar-refractivity contribution in [2.24, 2.45) is 0 Å². The number of anilines is 1. The van der Waals surface area contributed by atoms with Gasteiger partial charge in [0.1, 0.15) is 12.1 Å². The first-order valence-corrected chi connectivity index (χ1v) is 8.37. The maximum Gasteiger partial charge on any atom is 0.326 e. The molecule has 0 bridgehead atoms. The third-order valence-corrected chi connectivity index (χ3v) is 4.28. The van der Waals surface area contributed by atoms with Gasteiger partial charge < -0.3 is 15.4 Å². The smallest absolute Gasteiger partial charge is 0.326 e. The van der Waals surface area contributed by atoms with E-state index in [0.717, 1.165) is 4.90 Å². The first kappa shape index (κ1) is 20.1. The van der Waals surface area contributed by atoms with Gasteiger partial charge in [0.05, 0.1) is 5.69 Å². The molecule has 1 saturated heterocycles. The van der Waals surface area contributed by atoms with Gasteiger partial charge in [-0.15, -0.1) is 0 Å². The summed E-state index contributed by atoms with van der Waals surface area (Å²) in [6.45, 7) is 3.48. The standard InChI is InChI=1S/C18H21N3O6/c1-4-18(3)16(25)21(17(26)20-18)9-15(24)27-10-14(23)19-13-8-6-5-7-12(13)11(2)22/h5-8H,4,9-10H2,1-3H3,(H,19,23)(H,20,26)/t18-/m1/s1. The van der Waals surface area contributed by atoms with Gasteiger partial charge in [-0.25, -0.2) is 4.79 Å². The molecule has 9 nitrogen and oxygen atoms in total. The Morgan fingerprint density at radius 3 is 2.48 bits per heavy atom. The van der Waals surface area contributed by atoms with Crippen molar-refractivity contribution in [2.75, 3.05) is 18.5 Å². The number of carbonyl (C=O) groups is 5. The number of hydrogen-bond donors (Lipinski definition) is 2. The summed E-state index contributed by atoms with van der Waals surface area (Å²) >= 11 is 0. The van der Waals surface area contributed by atoms with Gasteiger partial charge in [0, 0.05) is 5.56 Å². The van der Waals surface area contributed by atoms with E-state index in [-0.39, 0.29) is 5.78 Å². The largest absolute Gasteiger partial charge is 0.454 e. The average Bonchev–Trinajstić information content (AvgIpc) is 2.84. The molecule has 144 valence electrons. The average molecular weight is 375 g/mol. The highest BCUT2D eigenvalue weighted by Gasteiger charge is 2.47. The number of Topliss-reactive ketones (excluding diaryl/α,β-unsaturated/α-hetero) is 1. The van der Waals surface area contributed by atoms with Crippen LogP contribution in [-0.4, -0.2) is 53.2 Å². The summed E-state index contributed by atoms with van der Waals surface area (Å²) in [5, 5.41) is 5.00. The lowest BCUT2D eigenvalue weighted by Crippen LogP contribution is -2.43. The van der Waals surface area contributed by atoms with Gasteiger partial charge in [-0.05, 0) is 32.4 Å². The molecule has 1 heterocycles. The van der Waals surface area contributed by atoms with Crippen molar-refractivity contribution in [2.45, 2.75) is 32.7 Å². The van der Waals surface area contributed by atoms with Crippen molar-refractivity contribution in [1.29, 1.82) is 0 Å². The van der Waals surface area contributed by atoms with Gasteiger partial charge in [-0.3, -0.25) is 24.1 Å². The molecular weight excluding hydrogens is 354 g/mol. The van der Waals surface area contributed by atoms with Crippen molar-refractivity contribution in [3.63, 3.8) is 0 Å². The minimum Gasteiger partial charge on any atom is -0.454 e. The van der Waals surface area contributed by atoms with Crippen LogP contribution in [0, 0.1) is 0 Å². The molecule has 0 aliphatic carbocycles. The molecule has 9 heteroatoms. The fourth-order valence-corrected chi connectivity index (χ4v) is 2.54. The number of carbonyl (C=O) groups excluding carboxylic acids is 5. The van der Waals surface area contributed by atoms with Crippen LogP contribution < -0.4 is 10.6 Å². The van der Waals surface area contributed by atoms with Crippen LogP contribution in [-0.2, 0) is 19.1 Å². The van der Waals surface area contributed by atoms with Crippen LogP contribution in [0.3, 0.4) is 0 Å². The van der Waals surface area contributed by atoms with E-state index in [1.165, 1.54) is 6.92 Å². The maximum absolute atomic E-state index is 12.2. The van der Waals surface area contributed by atoms with E-state index in [1.54, 1.807) is 38.1 Å². The summed E-state index contributed by atoms with van der Waals surface area (Å²) in [5.41, 5.74) is -0.417. The molecule has 0 aromatic heterocycles. The maximum atomic E-state index is 12.2. The lowest BCUT2D eigenvalue weighted by Gasteiger charge is -2.18. The second-order valence-electron chi connectivity index (χ2n) is 6.32. The molecule has 4 amide bonds. The summed E-state index contributed by atoms with van der Waals surface area (Å²) in [6.07, 6.45) is 0.376. The first-order valence-electron chi connectivity index (χ1n) is 8.37. The molecule has 1 aliphatic rings. The van der Waals surface area contributed by atoms with Crippen LogP contribution >= 0.6 is 0 Å². The number of urea groups is 1. The number of ketones is 1. The van der Waals surface area contributed by atoms with E-state index in [9.17, 15) is 24.0 Å². The molecule has 1 aromatic carbocycles. The quantitative estimate of drug-likeness (QED) is 0.418. The third kappa shape index (κ3) is 4.49. The van der Waals surface area contributed by atoms with Crippen molar-refractivity contribution in [3.05, 3.63) is 29.8 Å². The van der Waals surface area contributed by atoms with Gasteiger partial charge in [-0.1, -0.05) is 19.1 Å². The second-order valence-corrected chi connectivity index (χ2v) is 6.32. The Labute approximate surface area is 156 Å². The normalized spacial score (nSPS) is 18.9. The highest BCUT2D eigenvalue weighted by Crippen LogP contribution is 2.20. The number of esters is 1. The molecule has 0 unspecified atom stereocenters. The predicted molar refractivity (Wildman–Crippen MR) is 95.0 cm³/mol. The van der Waals surface area contributed by atoms with E-state index in [4.69, 9.17) is 4.74 Å². The number of rotatable bonds is 7. The summed E-state index contributed by atoms with van der Waals surface area (Å²) in [5.74, 6) is -2.28. The molecule has 27 heavy (non-hydrogen) atoms. The van der Waals surface area contributed by atoms with E-state index in [2.05, 4.69) is 10.6 Å². The molecule has 1 aromatic rings. The molecule has 1 fully saturated rings. The Hall–Kier alpha value is -3.23. The van der Waals surface area contributed by atoms with Gasteiger partial charge in [0.25, 0.3) is 11.8 Å². The third-order valence-electron chi connectivity index (χ3n) is 4.28. The lowest BCUT2D eigenvalue weighted by atomic mass is 9.99. The van der Waals surface area contributed by atoms with Crippen molar-refractivity contribution >= 4 is 35.3 Å². The Bertz CT molecular complexity index is 806. The number of ether oxygens (including phenoxy) is 1. The van der Waals surface area contributed by atoms with Gasteiger partial charge in [0.15, 0.2) is 12.4 Å². The van der Waals surface area contributed by atoms with Crippen LogP contribution in [0.2, 0.25) is 0 Å². The molecular formula is C18H21N3O6. The highest BCUT2D eigenvalue weighted by molar-refractivity contribution is 6.08. The SMILES string of the molecule is CC[C@@]1(C)NC(=O)N(CC(=O)OCC(=O)Nc2ccccc2C(C)=O)C1=O. The molecule has 2 N–H and O–H groups in total. The Morgan fingerprint density at radius 1 is 1.22 bits per heavy atom. The summed E-state index contributed by atoms with van der Waals surface area (Å²) in [4.78, 5) is 60.2. The van der Waals surface area contributed by atoms with Crippen LogP contribution in [0.1, 0.15) is 37.6 Å². The zero-order valence-corrected chi connectivity index (χ0v) is 15.3. The Balaban J connectivity index is 1.89. The van der Waals surface area contributed by atoms with Crippen LogP contribution in [0.5, 0.6) is 0 Å². The zero-order chi connectivity index (χ0) is 20.2. The van der Waals surface area contributed by atoms with Gasteiger partial charge in [0.2, 0.25) is 0 Å². The molecule has 0 spiro atoms. The molecule has 2 rings (SSSR count). The molecule has 0 saturated carbocycles. The molecule has 1 aliphatic heterocycles. The first-order chi connectivity index (χ1) is 12.7. The van der Waals surface area contributed by atoms with E-state index < -0.39 is 42.5 Å². The number of amides is 4. The number of imide groups is 1. The minimum atomic E-state index is -1.05.